The zero-order valence-electron chi connectivity index (χ0n) is 18.8. The van der Waals surface area contributed by atoms with Crippen molar-refractivity contribution in [3.8, 4) is 0 Å². The minimum atomic E-state index is -0.674. The predicted octanol–water partition coefficient (Wildman–Crippen LogP) is 2.66. The Bertz CT molecular complexity index is 486. The van der Waals surface area contributed by atoms with Crippen molar-refractivity contribution in [3.63, 3.8) is 0 Å². The van der Waals surface area contributed by atoms with Crippen molar-refractivity contribution < 1.29 is 4.21 Å². The first-order valence-electron chi connectivity index (χ1n) is 11.5. The van der Waals surface area contributed by atoms with Gasteiger partial charge in [-0.05, 0) is 52.1 Å². The van der Waals surface area contributed by atoms with Crippen LogP contribution in [0.2, 0.25) is 0 Å². The van der Waals surface area contributed by atoms with E-state index in [-0.39, 0.29) is 24.0 Å². The topological polar surface area (TPSA) is 60.0 Å². The van der Waals surface area contributed by atoms with Crippen LogP contribution < -0.4 is 10.6 Å². The Labute approximate surface area is 198 Å². The summed E-state index contributed by atoms with van der Waals surface area (Å²) in [5.74, 6) is 1.71. The summed E-state index contributed by atoms with van der Waals surface area (Å²) in [6.07, 6.45) is 6.80. The number of hydrogen-bond acceptors (Lipinski definition) is 4. The van der Waals surface area contributed by atoms with E-state index in [1.165, 1.54) is 52.1 Å². The average molecular weight is 542 g/mol. The number of guanidine groups is 1. The molecule has 1 saturated carbocycles. The molecule has 2 fully saturated rings. The van der Waals surface area contributed by atoms with E-state index in [0.29, 0.717) is 11.3 Å². The van der Waals surface area contributed by atoms with Crippen LogP contribution in [0.3, 0.4) is 0 Å². The zero-order valence-corrected chi connectivity index (χ0v) is 22.0. The van der Waals surface area contributed by atoms with Crippen molar-refractivity contribution in [2.24, 2.45) is 4.99 Å². The fraction of sp³-hybridized carbons (Fsp3) is 0.952. The van der Waals surface area contributed by atoms with Gasteiger partial charge in [-0.25, -0.2) is 0 Å². The highest BCUT2D eigenvalue weighted by Crippen LogP contribution is 2.23. The third-order valence-electron chi connectivity index (χ3n) is 6.03. The van der Waals surface area contributed by atoms with Gasteiger partial charge in [-0.2, -0.15) is 0 Å². The molecule has 0 aromatic rings. The van der Waals surface area contributed by atoms with Crippen molar-refractivity contribution in [1.82, 2.24) is 20.4 Å². The molecule has 6 nitrogen and oxygen atoms in total. The van der Waals surface area contributed by atoms with Gasteiger partial charge >= 0.3 is 0 Å². The molecule has 2 N–H and O–H groups in total. The van der Waals surface area contributed by atoms with Gasteiger partial charge in [-0.1, -0.05) is 20.3 Å². The lowest BCUT2D eigenvalue weighted by Gasteiger charge is -2.33. The molecule has 0 radical (unpaired) electrons. The Balaban J connectivity index is 0.00000420. The van der Waals surface area contributed by atoms with Crippen molar-refractivity contribution >= 4 is 40.7 Å². The number of halogens is 1. The van der Waals surface area contributed by atoms with Gasteiger partial charge in [-0.15, -0.1) is 24.0 Å². The van der Waals surface area contributed by atoms with Crippen molar-refractivity contribution in [2.75, 3.05) is 58.1 Å². The molecule has 2 aliphatic rings. The highest BCUT2D eigenvalue weighted by Gasteiger charge is 2.26. The van der Waals surface area contributed by atoms with E-state index < -0.39 is 10.8 Å². The van der Waals surface area contributed by atoms with Crippen LogP contribution in [-0.2, 0) is 10.8 Å². The highest BCUT2D eigenvalue weighted by molar-refractivity contribution is 14.0. The Hall–Kier alpha value is 0.0700. The molecule has 0 bridgehead atoms. The Morgan fingerprint density at radius 3 is 2.45 bits per heavy atom. The molecular formula is C21H44IN5OS. The predicted molar refractivity (Wildman–Crippen MR) is 137 cm³/mol. The van der Waals surface area contributed by atoms with Crippen LogP contribution in [0.1, 0.15) is 59.3 Å². The fourth-order valence-corrected chi connectivity index (χ4v) is 5.58. The van der Waals surface area contributed by atoms with Crippen LogP contribution in [0.15, 0.2) is 4.99 Å². The molecule has 172 valence electrons. The van der Waals surface area contributed by atoms with Crippen LogP contribution in [0.4, 0.5) is 0 Å². The molecule has 3 unspecified atom stereocenters. The fourth-order valence-electron chi connectivity index (χ4n) is 4.23. The third-order valence-corrected chi connectivity index (χ3v) is 7.77. The number of nitrogens with one attached hydrogen (secondary N) is 2. The molecule has 1 saturated heterocycles. The second kappa shape index (κ2) is 15.8. The number of likely N-dealkylation sites (N-methyl/N-ethyl adjacent to an activating group) is 1. The molecule has 2 rings (SSSR count). The van der Waals surface area contributed by atoms with Crippen LogP contribution in [-0.4, -0.2) is 89.4 Å². The maximum absolute atomic E-state index is 12.2. The summed E-state index contributed by atoms with van der Waals surface area (Å²) in [6.45, 7) is 15.4. The van der Waals surface area contributed by atoms with E-state index in [2.05, 4.69) is 34.3 Å². The van der Waals surface area contributed by atoms with Gasteiger partial charge in [0, 0.05) is 67.1 Å². The van der Waals surface area contributed by atoms with Crippen LogP contribution >= 0.6 is 24.0 Å². The molecule has 0 amide bonds. The maximum Gasteiger partial charge on any atom is 0.191 e. The standard InChI is InChI=1S/C21H43N5OS.HI/c1-4-22-21(24-19-10-9-11-20(18-19)28(27)6-3)23-12-7-8-13-26-16-14-25(5-2)15-17-26;/h19-20H,4-18H2,1-3H3,(H2,22,23,24);1H. The molecule has 29 heavy (non-hydrogen) atoms. The molecular weight excluding hydrogens is 497 g/mol. The molecule has 8 heteroatoms. The summed E-state index contributed by atoms with van der Waals surface area (Å²) in [7, 11) is -0.674. The normalized spacial score (nSPS) is 25.3. The van der Waals surface area contributed by atoms with Gasteiger partial charge in [0.15, 0.2) is 5.96 Å². The second-order valence-electron chi connectivity index (χ2n) is 8.04. The molecule has 0 aromatic carbocycles. The van der Waals surface area contributed by atoms with Crippen molar-refractivity contribution in [3.05, 3.63) is 0 Å². The minimum Gasteiger partial charge on any atom is -0.357 e. The molecule has 0 spiro atoms. The Morgan fingerprint density at radius 1 is 1.07 bits per heavy atom. The lowest BCUT2D eigenvalue weighted by molar-refractivity contribution is 0.136. The van der Waals surface area contributed by atoms with Crippen molar-refractivity contribution in [1.29, 1.82) is 0 Å². The largest absolute Gasteiger partial charge is 0.357 e. The molecule has 3 atom stereocenters. The lowest BCUT2D eigenvalue weighted by Crippen LogP contribution is -2.46. The number of aliphatic imine (C=N–C) groups is 1. The van der Waals surface area contributed by atoms with Crippen LogP contribution in [0.5, 0.6) is 0 Å². The summed E-state index contributed by atoms with van der Waals surface area (Å²) >= 11 is 0. The third kappa shape index (κ3) is 10.3. The SMILES string of the molecule is CCNC(=NCCCCN1CCN(CC)CC1)NC1CCCC(S(=O)CC)C1.I. The molecule has 1 aliphatic heterocycles. The Morgan fingerprint density at radius 2 is 1.79 bits per heavy atom. The van der Waals surface area contributed by atoms with Crippen LogP contribution in [0.25, 0.3) is 0 Å². The number of hydrogen-bond donors (Lipinski definition) is 2. The lowest BCUT2D eigenvalue weighted by atomic mass is 9.95. The number of nitrogens with zero attached hydrogens (tertiary/aromatic N) is 3. The first-order valence-corrected chi connectivity index (χ1v) is 12.9. The zero-order chi connectivity index (χ0) is 20.2. The first kappa shape index (κ1) is 27.1. The maximum atomic E-state index is 12.2. The van der Waals surface area contributed by atoms with Gasteiger partial charge in [-0.3, -0.25) is 9.20 Å². The summed E-state index contributed by atoms with van der Waals surface area (Å²) in [5, 5.41) is 7.35. The smallest absolute Gasteiger partial charge is 0.191 e. The minimum absolute atomic E-state index is 0. The van der Waals surface area contributed by atoms with E-state index >= 15 is 0 Å². The number of piperazine rings is 1. The summed E-state index contributed by atoms with van der Waals surface area (Å²) in [6, 6.07) is 0.405. The molecule has 1 heterocycles. The van der Waals surface area contributed by atoms with Gasteiger partial charge < -0.3 is 20.4 Å². The molecule has 1 aliphatic carbocycles. The molecule has 0 aromatic heterocycles. The monoisotopic (exact) mass is 541 g/mol. The van der Waals surface area contributed by atoms with Crippen molar-refractivity contribution in [2.45, 2.75) is 70.6 Å². The second-order valence-corrected chi connectivity index (χ2v) is 10.0. The van der Waals surface area contributed by atoms with Crippen LogP contribution in [0, 0.1) is 0 Å². The Kier molecular flexibility index (Phi) is 14.8. The van der Waals surface area contributed by atoms with E-state index in [9.17, 15) is 4.21 Å². The van der Waals surface area contributed by atoms with Gasteiger partial charge in [0.05, 0.1) is 0 Å². The summed E-state index contributed by atoms with van der Waals surface area (Å²) in [5.41, 5.74) is 0. The quantitative estimate of drug-likeness (QED) is 0.193. The van der Waals surface area contributed by atoms with E-state index in [1.54, 1.807) is 0 Å². The number of unbranched alkanes of at least 4 members (excludes halogenated alkanes) is 1. The average Bonchev–Trinajstić information content (AvgIpc) is 2.73. The van der Waals surface area contributed by atoms with E-state index in [0.717, 1.165) is 50.5 Å². The van der Waals surface area contributed by atoms with Gasteiger partial charge in [0.2, 0.25) is 0 Å². The summed E-state index contributed by atoms with van der Waals surface area (Å²) in [4.78, 5) is 9.92. The van der Waals surface area contributed by atoms with E-state index in [4.69, 9.17) is 4.99 Å². The summed E-state index contributed by atoms with van der Waals surface area (Å²) < 4.78 is 12.2. The van der Waals surface area contributed by atoms with Gasteiger partial charge in [0.25, 0.3) is 0 Å². The van der Waals surface area contributed by atoms with Gasteiger partial charge in [0.1, 0.15) is 0 Å². The highest BCUT2D eigenvalue weighted by atomic mass is 127. The first-order chi connectivity index (χ1) is 13.7. The van der Waals surface area contributed by atoms with E-state index in [1.807, 2.05) is 6.92 Å². The number of rotatable bonds is 10.